The van der Waals surface area contributed by atoms with Crippen molar-refractivity contribution in [3.8, 4) is 5.75 Å². The zero-order valence-corrected chi connectivity index (χ0v) is 11.1. The first-order valence-electron chi connectivity index (χ1n) is 6.79. The number of benzene rings is 2. The lowest BCUT2D eigenvalue weighted by atomic mass is 9.95. The molecule has 3 nitrogen and oxygen atoms in total. The van der Waals surface area contributed by atoms with Gasteiger partial charge in [-0.25, -0.2) is 0 Å². The smallest absolute Gasteiger partial charge is 0.199 e. The van der Waals surface area contributed by atoms with E-state index in [4.69, 9.17) is 4.74 Å². The van der Waals surface area contributed by atoms with E-state index in [1.165, 1.54) is 0 Å². The Bertz CT molecular complexity index is 619. The van der Waals surface area contributed by atoms with E-state index in [2.05, 4.69) is 0 Å². The minimum atomic E-state index is -1.15. The van der Waals surface area contributed by atoms with Crippen LogP contribution in [0.1, 0.15) is 34.0 Å². The highest BCUT2D eigenvalue weighted by atomic mass is 16.5. The predicted octanol–water partition coefficient (Wildman–Crippen LogP) is 2.93. The van der Waals surface area contributed by atoms with Gasteiger partial charge < -0.3 is 9.84 Å². The van der Waals surface area contributed by atoms with Crippen molar-refractivity contribution >= 4 is 5.78 Å². The molecule has 1 atom stereocenters. The van der Waals surface area contributed by atoms with Crippen LogP contribution in [-0.4, -0.2) is 17.5 Å². The van der Waals surface area contributed by atoms with Crippen LogP contribution in [0.2, 0.25) is 0 Å². The molecule has 3 heteroatoms. The van der Waals surface area contributed by atoms with Gasteiger partial charge in [-0.05, 0) is 30.0 Å². The molecule has 1 N–H and O–H groups in total. The Kier molecular flexibility index (Phi) is 3.52. The molecule has 1 heterocycles. The maximum Gasteiger partial charge on any atom is 0.199 e. The van der Waals surface area contributed by atoms with Crippen molar-refractivity contribution in [3.05, 3.63) is 65.2 Å². The topological polar surface area (TPSA) is 46.5 Å². The van der Waals surface area contributed by atoms with Gasteiger partial charge in [0.05, 0.1) is 12.2 Å². The Morgan fingerprint density at radius 3 is 2.70 bits per heavy atom. The average Bonchev–Trinajstić information content (AvgIpc) is 2.54. The second kappa shape index (κ2) is 5.47. The Labute approximate surface area is 117 Å². The van der Waals surface area contributed by atoms with E-state index in [-0.39, 0.29) is 5.78 Å². The molecule has 0 radical (unpaired) electrons. The van der Waals surface area contributed by atoms with Crippen molar-refractivity contribution in [2.24, 2.45) is 0 Å². The Morgan fingerprint density at radius 2 is 1.90 bits per heavy atom. The summed E-state index contributed by atoms with van der Waals surface area (Å²) in [4.78, 5) is 12.5. The number of Topliss-reactive ketones (excluding diaryl/α,β-unsaturated/α-hetero) is 1. The Balaban J connectivity index is 1.95. The highest BCUT2D eigenvalue weighted by Crippen LogP contribution is 2.31. The van der Waals surface area contributed by atoms with Crippen molar-refractivity contribution in [1.82, 2.24) is 0 Å². The van der Waals surface area contributed by atoms with Crippen LogP contribution in [-0.2, 0) is 6.42 Å². The molecule has 2 aromatic carbocycles. The monoisotopic (exact) mass is 268 g/mol. The molecule has 0 saturated carbocycles. The zero-order valence-electron chi connectivity index (χ0n) is 11.1. The lowest BCUT2D eigenvalue weighted by Crippen LogP contribution is -2.17. The van der Waals surface area contributed by atoms with Crippen LogP contribution in [0.15, 0.2) is 48.5 Å². The van der Waals surface area contributed by atoms with Crippen LogP contribution in [0.5, 0.6) is 5.75 Å². The average molecular weight is 268 g/mol. The van der Waals surface area contributed by atoms with Crippen LogP contribution in [0.3, 0.4) is 0 Å². The lowest BCUT2D eigenvalue weighted by molar-refractivity contribution is 0.0742. The molecule has 0 amide bonds. The summed E-state index contributed by atoms with van der Waals surface area (Å²) in [5.41, 5.74) is 2.12. The van der Waals surface area contributed by atoms with Crippen molar-refractivity contribution in [2.45, 2.75) is 18.9 Å². The molecular weight excluding hydrogens is 252 g/mol. The third kappa shape index (κ3) is 2.32. The summed E-state index contributed by atoms with van der Waals surface area (Å²) in [5.74, 6) is 0.327. The van der Waals surface area contributed by atoms with Gasteiger partial charge in [0.15, 0.2) is 5.78 Å². The number of ketones is 1. The van der Waals surface area contributed by atoms with Gasteiger partial charge in [-0.2, -0.15) is 0 Å². The molecule has 0 saturated heterocycles. The molecule has 20 heavy (non-hydrogen) atoms. The highest BCUT2D eigenvalue weighted by molar-refractivity contribution is 6.02. The minimum Gasteiger partial charge on any atom is -0.493 e. The summed E-state index contributed by atoms with van der Waals surface area (Å²) < 4.78 is 5.63. The zero-order chi connectivity index (χ0) is 13.9. The third-order valence-corrected chi connectivity index (χ3v) is 3.56. The SMILES string of the molecule is O=C(c1cccc2c1OCCC2)C(O)c1ccccc1. The fourth-order valence-corrected chi connectivity index (χ4v) is 2.52. The Morgan fingerprint density at radius 1 is 1.10 bits per heavy atom. The molecule has 0 fully saturated rings. The number of fused-ring (bicyclic) bond motifs is 1. The quantitative estimate of drug-likeness (QED) is 0.871. The van der Waals surface area contributed by atoms with Crippen LogP contribution >= 0.6 is 0 Å². The van der Waals surface area contributed by atoms with Gasteiger partial charge in [0.1, 0.15) is 11.9 Å². The molecule has 0 aromatic heterocycles. The molecule has 0 bridgehead atoms. The van der Waals surface area contributed by atoms with E-state index in [0.717, 1.165) is 18.4 Å². The third-order valence-electron chi connectivity index (χ3n) is 3.56. The normalized spacial score (nSPS) is 15.1. The van der Waals surface area contributed by atoms with E-state index < -0.39 is 6.10 Å². The summed E-state index contributed by atoms with van der Waals surface area (Å²) >= 11 is 0. The van der Waals surface area contributed by atoms with Crippen molar-refractivity contribution in [3.63, 3.8) is 0 Å². The van der Waals surface area contributed by atoms with Gasteiger partial charge in [0.25, 0.3) is 0 Å². The number of aliphatic hydroxyl groups excluding tert-OH is 1. The summed E-state index contributed by atoms with van der Waals surface area (Å²) in [7, 11) is 0. The largest absolute Gasteiger partial charge is 0.493 e. The van der Waals surface area contributed by atoms with Gasteiger partial charge in [-0.3, -0.25) is 4.79 Å². The molecule has 102 valence electrons. The second-order valence-corrected chi connectivity index (χ2v) is 4.92. The standard InChI is InChI=1S/C17H16O3/c18-15(12-6-2-1-3-7-12)16(19)14-10-4-8-13-9-5-11-20-17(13)14/h1-4,6-8,10,15,18H,5,9,11H2. The van der Waals surface area contributed by atoms with Crippen LogP contribution in [0.4, 0.5) is 0 Å². The van der Waals surface area contributed by atoms with Crippen LogP contribution < -0.4 is 4.74 Å². The van der Waals surface area contributed by atoms with E-state index in [0.29, 0.717) is 23.5 Å². The molecular formula is C17H16O3. The number of carbonyl (C=O) groups excluding carboxylic acids is 1. The molecule has 0 aliphatic carbocycles. The summed E-state index contributed by atoms with van der Waals surface area (Å²) in [6, 6.07) is 14.5. The summed E-state index contributed by atoms with van der Waals surface area (Å²) in [5, 5.41) is 10.2. The number of aliphatic hydroxyl groups is 1. The summed E-state index contributed by atoms with van der Waals surface area (Å²) in [6.07, 6.45) is 0.734. The predicted molar refractivity (Wildman–Crippen MR) is 76.0 cm³/mol. The first-order valence-corrected chi connectivity index (χ1v) is 6.79. The lowest BCUT2D eigenvalue weighted by Gasteiger charge is -2.21. The van der Waals surface area contributed by atoms with E-state index in [1.807, 2.05) is 30.3 Å². The molecule has 1 aliphatic rings. The first kappa shape index (κ1) is 12.9. The van der Waals surface area contributed by atoms with Gasteiger partial charge in [0.2, 0.25) is 0 Å². The van der Waals surface area contributed by atoms with Crippen molar-refractivity contribution in [1.29, 1.82) is 0 Å². The van der Waals surface area contributed by atoms with Crippen molar-refractivity contribution in [2.75, 3.05) is 6.61 Å². The van der Waals surface area contributed by atoms with E-state index in [1.54, 1.807) is 18.2 Å². The maximum absolute atomic E-state index is 12.5. The molecule has 1 aliphatic heterocycles. The van der Waals surface area contributed by atoms with Gasteiger partial charge in [-0.15, -0.1) is 0 Å². The first-order chi connectivity index (χ1) is 9.77. The number of para-hydroxylation sites is 1. The number of ether oxygens (including phenoxy) is 1. The second-order valence-electron chi connectivity index (χ2n) is 4.92. The van der Waals surface area contributed by atoms with Crippen molar-refractivity contribution < 1.29 is 14.6 Å². The fraction of sp³-hybridized carbons (Fsp3) is 0.235. The van der Waals surface area contributed by atoms with Crippen LogP contribution in [0.25, 0.3) is 0 Å². The van der Waals surface area contributed by atoms with E-state index in [9.17, 15) is 9.90 Å². The number of hydrogen-bond donors (Lipinski definition) is 1. The number of aryl methyl sites for hydroxylation is 1. The fourth-order valence-electron chi connectivity index (χ4n) is 2.52. The molecule has 2 aromatic rings. The van der Waals surface area contributed by atoms with Gasteiger partial charge >= 0.3 is 0 Å². The van der Waals surface area contributed by atoms with Gasteiger partial charge in [-0.1, -0.05) is 42.5 Å². The van der Waals surface area contributed by atoms with E-state index >= 15 is 0 Å². The Hall–Kier alpha value is -2.13. The van der Waals surface area contributed by atoms with Gasteiger partial charge in [0, 0.05) is 0 Å². The molecule has 1 unspecified atom stereocenters. The number of hydrogen-bond acceptors (Lipinski definition) is 3. The number of rotatable bonds is 3. The molecule has 3 rings (SSSR count). The summed E-state index contributed by atoms with van der Waals surface area (Å²) in [6.45, 7) is 0.624. The number of carbonyl (C=O) groups is 1. The minimum absolute atomic E-state index is 0.310. The van der Waals surface area contributed by atoms with Crippen LogP contribution in [0, 0.1) is 0 Å². The maximum atomic E-state index is 12.5. The highest BCUT2D eigenvalue weighted by Gasteiger charge is 2.25. The molecule has 0 spiro atoms.